The van der Waals surface area contributed by atoms with Gasteiger partial charge < -0.3 is 10.4 Å². The molecule has 0 aliphatic heterocycles. The van der Waals surface area contributed by atoms with E-state index in [2.05, 4.69) is 26.2 Å². The van der Waals surface area contributed by atoms with Crippen molar-refractivity contribution in [1.29, 1.82) is 0 Å². The molecule has 0 atom stereocenters. The van der Waals surface area contributed by atoms with E-state index >= 15 is 0 Å². The van der Waals surface area contributed by atoms with Crippen molar-refractivity contribution >= 4 is 33.5 Å². The second-order valence-electron chi connectivity index (χ2n) is 3.85. The van der Waals surface area contributed by atoms with Crippen molar-refractivity contribution in [3.8, 4) is 0 Å². The van der Waals surface area contributed by atoms with Crippen LogP contribution in [0, 0.1) is 5.82 Å². The number of pyridine rings is 1. The Hall–Kier alpha value is -2.28. The fraction of sp³-hybridized carbons (Fsp3) is 0. The number of hydrogen-bond acceptors (Lipinski definition) is 3. The van der Waals surface area contributed by atoms with Gasteiger partial charge in [0.25, 0.3) is 5.91 Å². The number of nitrogens with one attached hydrogen (secondary N) is 1. The summed E-state index contributed by atoms with van der Waals surface area (Å²) in [6.45, 7) is 0. The number of carboxylic acid groups (broad SMARTS) is 1. The van der Waals surface area contributed by atoms with Crippen LogP contribution in [0.25, 0.3) is 0 Å². The highest BCUT2D eigenvalue weighted by atomic mass is 79.9. The van der Waals surface area contributed by atoms with Gasteiger partial charge in [-0.2, -0.15) is 0 Å². The van der Waals surface area contributed by atoms with E-state index in [4.69, 9.17) is 5.11 Å². The third-order valence-electron chi connectivity index (χ3n) is 2.43. The Labute approximate surface area is 121 Å². The van der Waals surface area contributed by atoms with E-state index in [0.29, 0.717) is 4.47 Å². The van der Waals surface area contributed by atoms with Gasteiger partial charge in [-0.1, -0.05) is 0 Å². The molecule has 0 saturated heterocycles. The topological polar surface area (TPSA) is 79.3 Å². The predicted octanol–water partition coefficient (Wildman–Crippen LogP) is 2.93. The van der Waals surface area contributed by atoms with Crippen LogP contribution in [0.2, 0.25) is 0 Å². The first kappa shape index (κ1) is 14.1. The van der Waals surface area contributed by atoms with E-state index < -0.39 is 17.7 Å². The Kier molecular flexibility index (Phi) is 4.09. The molecule has 0 aliphatic carbocycles. The van der Waals surface area contributed by atoms with Gasteiger partial charge in [0.15, 0.2) is 0 Å². The number of nitrogens with zero attached hydrogens (tertiary/aromatic N) is 1. The average molecular weight is 339 g/mol. The zero-order valence-corrected chi connectivity index (χ0v) is 11.5. The molecule has 0 unspecified atom stereocenters. The summed E-state index contributed by atoms with van der Waals surface area (Å²) < 4.78 is 14.3. The number of halogens is 2. The maximum atomic E-state index is 13.7. The Morgan fingerprint density at radius 1 is 1.20 bits per heavy atom. The number of aromatic nitrogens is 1. The number of rotatable bonds is 3. The largest absolute Gasteiger partial charge is 0.478 e. The summed E-state index contributed by atoms with van der Waals surface area (Å²) in [6, 6.07) is 4.78. The van der Waals surface area contributed by atoms with E-state index in [1.54, 1.807) is 0 Å². The molecule has 1 aromatic carbocycles. The number of amides is 1. The normalized spacial score (nSPS) is 10.1. The molecular formula is C13H8BrFN2O3. The summed E-state index contributed by atoms with van der Waals surface area (Å²) in [5.74, 6) is -2.60. The molecule has 1 amide bonds. The fourth-order valence-corrected chi connectivity index (χ4v) is 1.84. The molecule has 1 heterocycles. The van der Waals surface area contributed by atoms with Crippen LogP contribution in [0.3, 0.4) is 0 Å². The highest BCUT2D eigenvalue weighted by Crippen LogP contribution is 2.17. The second kappa shape index (κ2) is 5.79. The molecule has 1 aromatic heterocycles. The average Bonchev–Trinajstić information content (AvgIpc) is 2.40. The molecular weight excluding hydrogens is 331 g/mol. The number of carbonyl (C=O) groups is 2. The van der Waals surface area contributed by atoms with Crippen molar-refractivity contribution in [2.24, 2.45) is 0 Å². The molecule has 0 fully saturated rings. The van der Waals surface area contributed by atoms with Crippen molar-refractivity contribution in [1.82, 2.24) is 4.98 Å². The minimum atomic E-state index is -1.24. The van der Waals surface area contributed by atoms with E-state index in [1.165, 1.54) is 30.6 Å². The van der Waals surface area contributed by atoms with Gasteiger partial charge in [0, 0.05) is 16.9 Å². The zero-order valence-electron chi connectivity index (χ0n) is 9.93. The first-order chi connectivity index (χ1) is 9.47. The first-order valence-corrected chi connectivity index (χ1v) is 6.21. The van der Waals surface area contributed by atoms with Crippen LogP contribution in [0.1, 0.15) is 20.7 Å². The highest BCUT2D eigenvalue weighted by Gasteiger charge is 2.12. The van der Waals surface area contributed by atoms with Crippen molar-refractivity contribution in [3.05, 3.63) is 58.1 Å². The zero-order chi connectivity index (χ0) is 14.7. The Morgan fingerprint density at radius 2 is 1.95 bits per heavy atom. The summed E-state index contributed by atoms with van der Waals surface area (Å²) in [6.07, 6.45) is 2.85. The second-order valence-corrected chi connectivity index (χ2v) is 4.76. The van der Waals surface area contributed by atoms with E-state index in [9.17, 15) is 14.0 Å². The fourth-order valence-electron chi connectivity index (χ4n) is 1.48. The van der Waals surface area contributed by atoms with Gasteiger partial charge in [-0.15, -0.1) is 0 Å². The lowest BCUT2D eigenvalue weighted by atomic mass is 10.2. The van der Waals surface area contributed by atoms with Gasteiger partial charge in [-0.25, -0.2) is 9.18 Å². The molecule has 0 saturated carbocycles. The molecule has 20 heavy (non-hydrogen) atoms. The molecule has 0 spiro atoms. The lowest BCUT2D eigenvalue weighted by Gasteiger charge is -2.07. The molecule has 2 aromatic rings. The van der Waals surface area contributed by atoms with Gasteiger partial charge in [0.1, 0.15) is 5.82 Å². The molecule has 2 rings (SSSR count). The van der Waals surface area contributed by atoms with Crippen LogP contribution < -0.4 is 5.32 Å². The van der Waals surface area contributed by atoms with Crippen molar-refractivity contribution < 1.29 is 19.1 Å². The first-order valence-electron chi connectivity index (χ1n) is 5.42. The van der Waals surface area contributed by atoms with Crippen LogP contribution in [0.5, 0.6) is 0 Å². The number of carbonyl (C=O) groups excluding carboxylic acids is 1. The Morgan fingerprint density at radius 3 is 2.55 bits per heavy atom. The van der Waals surface area contributed by atoms with Crippen LogP contribution in [0.4, 0.5) is 10.1 Å². The summed E-state index contributed by atoms with van der Waals surface area (Å²) in [7, 11) is 0. The van der Waals surface area contributed by atoms with Crippen molar-refractivity contribution in [3.63, 3.8) is 0 Å². The van der Waals surface area contributed by atoms with Crippen molar-refractivity contribution in [2.45, 2.75) is 0 Å². The van der Waals surface area contributed by atoms with Gasteiger partial charge in [-0.3, -0.25) is 9.78 Å². The van der Waals surface area contributed by atoms with Crippen LogP contribution in [-0.2, 0) is 0 Å². The maximum absolute atomic E-state index is 13.7. The van der Waals surface area contributed by atoms with Gasteiger partial charge in [-0.05, 0) is 40.2 Å². The predicted molar refractivity (Wildman–Crippen MR) is 73.2 cm³/mol. The molecule has 102 valence electrons. The molecule has 7 heteroatoms. The number of anilines is 1. The third kappa shape index (κ3) is 3.18. The monoisotopic (exact) mass is 338 g/mol. The smallest absolute Gasteiger partial charge is 0.335 e. The van der Waals surface area contributed by atoms with Crippen LogP contribution in [0.15, 0.2) is 41.1 Å². The van der Waals surface area contributed by atoms with Crippen LogP contribution >= 0.6 is 15.9 Å². The summed E-state index contributed by atoms with van der Waals surface area (Å²) >= 11 is 3.17. The number of carboxylic acids is 1. The van der Waals surface area contributed by atoms with Crippen molar-refractivity contribution in [2.75, 3.05) is 5.32 Å². The minimum absolute atomic E-state index is 0.0972. The number of hydrogen-bond donors (Lipinski definition) is 2. The summed E-state index contributed by atoms with van der Waals surface area (Å²) in [5.41, 5.74) is -0.0364. The Bertz CT molecular complexity index is 691. The van der Waals surface area contributed by atoms with Gasteiger partial charge in [0.05, 0.1) is 16.8 Å². The summed E-state index contributed by atoms with van der Waals surface area (Å²) in [4.78, 5) is 26.4. The maximum Gasteiger partial charge on any atom is 0.335 e. The van der Waals surface area contributed by atoms with Crippen LogP contribution in [-0.4, -0.2) is 22.0 Å². The minimum Gasteiger partial charge on any atom is -0.478 e. The summed E-state index contributed by atoms with van der Waals surface area (Å²) in [5, 5.41) is 11.1. The van der Waals surface area contributed by atoms with Gasteiger partial charge >= 0.3 is 5.97 Å². The van der Waals surface area contributed by atoms with E-state index in [0.717, 1.165) is 6.07 Å². The Balaban J connectivity index is 2.22. The SMILES string of the molecule is O=C(O)c1ccc(NC(=O)c2cncc(Br)c2)c(F)c1. The molecule has 2 N–H and O–H groups in total. The quantitative estimate of drug-likeness (QED) is 0.901. The lowest BCUT2D eigenvalue weighted by Crippen LogP contribution is -2.13. The van der Waals surface area contributed by atoms with E-state index in [1.807, 2.05) is 0 Å². The van der Waals surface area contributed by atoms with Gasteiger partial charge in [0.2, 0.25) is 0 Å². The standard InChI is InChI=1S/C13H8BrFN2O3/c14-9-3-8(5-16-6-9)12(18)17-11-2-1-7(13(19)20)4-10(11)15/h1-6H,(H,17,18)(H,19,20). The highest BCUT2D eigenvalue weighted by molar-refractivity contribution is 9.10. The molecule has 0 bridgehead atoms. The third-order valence-corrected chi connectivity index (χ3v) is 2.86. The van der Waals surface area contributed by atoms with E-state index in [-0.39, 0.29) is 16.8 Å². The molecule has 0 aliphatic rings. The molecule has 0 radical (unpaired) electrons. The number of benzene rings is 1. The lowest BCUT2D eigenvalue weighted by molar-refractivity contribution is 0.0696. The molecule has 5 nitrogen and oxygen atoms in total. The number of aromatic carboxylic acids is 1.